The predicted molar refractivity (Wildman–Crippen MR) is 78.6 cm³/mol. The Morgan fingerprint density at radius 2 is 2.14 bits per heavy atom. The molecule has 5 nitrogen and oxygen atoms in total. The van der Waals surface area contributed by atoms with Crippen LogP contribution in [0.2, 0.25) is 0 Å². The molecule has 1 aromatic carbocycles. The van der Waals surface area contributed by atoms with E-state index in [4.69, 9.17) is 0 Å². The molecule has 0 aliphatic rings. The number of aromatic nitrogens is 3. The van der Waals surface area contributed by atoms with Gasteiger partial charge in [0.25, 0.3) is 5.91 Å². The van der Waals surface area contributed by atoms with Crippen molar-refractivity contribution in [1.29, 1.82) is 0 Å². The van der Waals surface area contributed by atoms with E-state index in [1.54, 1.807) is 18.5 Å². The van der Waals surface area contributed by atoms with Crippen LogP contribution in [0, 0.1) is 11.6 Å². The molecule has 3 rings (SSSR count). The Kier molecular flexibility index (Phi) is 3.68. The highest BCUT2D eigenvalue weighted by atomic mass is 32.1. The molecule has 0 spiro atoms. The van der Waals surface area contributed by atoms with Crippen molar-refractivity contribution in [2.75, 3.05) is 5.32 Å². The van der Waals surface area contributed by atoms with Crippen LogP contribution in [0.25, 0.3) is 11.3 Å². The molecule has 0 saturated heterocycles. The second-order valence-electron chi connectivity index (χ2n) is 4.46. The number of carbonyl (C=O) groups is 1. The number of carbonyl (C=O) groups excluding carboxylic acids is 1. The summed E-state index contributed by atoms with van der Waals surface area (Å²) in [5, 5.41) is 8.35. The molecule has 1 amide bonds. The normalized spacial score (nSPS) is 10.7. The summed E-state index contributed by atoms with van der Waals surface area (Å²) in [4.78, 5) is 16.1. The molecule has 0 aliphatic carbocycles. The summed E-state index contributed by atoms with van der Waals surface area (Å²) in [5.41, 5.74) is 0.688. The van der Waals surface area contributed by atoms with Crippen molar-refractivity contribution in [2.24, 2.45) is 7.05 Å². The lowest BCUT2D eigenvalue weighted by Crippen LogP contribution is -2.15. The van der Waals surface area contributed by atoms with Crippen molar-refractivity contribution in [3.63, 3.8) is 0 Å². The molecule has 1 N–H and O–H groups in total. The number of hydrogen-bond acceptors (Lipinski definition) is 4. The SMILES string of the molecule is Cn1nccc1C(=O)Nc1nc(-c2cc(F)ccc2F)cs1. The third kappa shape index (κ3) is 2.73. The van der Waals surface area contributed by atoms with Crippen molar-refractivity contribution in [3.05, 3.63) is 53.2 Å². The van der Waals surface area contributed by atoms with Gasteiger partial charge in [0, 0.05) is 24.2 Å². The number of halogens is 2. The lowest BCUT2D eigenvalue weighted by molar-refractivity contribution is 0.101. The van der Waals surface area contributed by atoms with Gasteiger partial charge in [-0.05, 0) is 24.3 Å². The maximum atomic E-state index is 13.7. The monoisotopic (exact) mass is 320 g/mol. The number of nitrogens with one attached hydrogen (secondary N) is 1. The Bertz CT molecular complexity index is 843. The molecule has 2 aromatic heterocycles. The van der Waals surface area contributed by atoms with Gasteiger partial charge in [-0.3, -0.25) is 14.8 Å². The minimum absolute atomic E-state index is 0.0530. The van der Waals surface area contributed by atoms with Crippen LogP contribution < -0.4 is 5.32 Å². The van der Waals surface area contributed by atoms with Crippen molar-refractivity contribution in [1.82, 2.24) is 14.8 Å². The van der Waals surface area contributed by atoms with Gasteiger partial charge in [-0.25, -0.2) is 13.8 Å². The molecular formula is C14H10F2N4OS. The van der Waals surface area contributed by atoms with E-state index < -0.39 is 11.6 Å². The molecule has 0 atom stereocenters. The first-order valence-corrected chi connectivity index (χ1v) is 7.13. The van der Waals surface area contributed by atoms with Crippen LogP contribution in [0.5, 0.6) is 0 Å². The summed E-state index contributed by atoms with van der Waals surface area (Å²) in [6, 6.07) is 4.71. The van der Waals surface area contributed by atoms with E-state index in [-0.39, 0.29) is 17.2 Å². The summed E-state index contributed by atoms with van der Waals surface area (Å²) in [6.45, 7) is 0. The molecule has 8 heteroatoms. The Morgan fingerprint density at radius 3 is 2.86 bits per heavy atom. The van der Waals surface area contributed by atoms with Gasteiger partial charge in [0.2, 0.25) is 0 Å². The van der Waals surface area contributed by atoms with Crippen LogP contribution in [0.1, 0.15) is 10.5 Å². The first kappa shape index (κ1) is 14.3. The van der Waals surface area contributed by atoms with Crippen molar-refractivity contribution >= 4 is 22.4 Å². The highest BCUT2D eigenvalue weighted by Crippen LogP contribution is 2.27. The third-order valence-electron chi connectivity index (χ3n) is 2.98. The van der Waals surface area contributed by atoms with Crippen LogP contribution in [-0.4, -0.2) is 20.7 Å². The van der Waals surface area contributed by atoms with E-state index in [2.05, 4.69) is 15.4 Å². The van der Waals surface area contributed by atoms with Crippen molar-refractivity contribution in [3.8, 4) is 11.3 Å². The molecule has 3 aromatic rings. The molecule has 0 aliphatic heterocycles. The summed E-state index contributed by atoms with van der Waals surface area (Å²) in [7, 11) is 1.64. The van der Waals surface area contributed by atoms with Gasteiger partial charge in [-0.15, -0.1) is 11.3 Å². The van der Waals surface area contributed by atoms with E-state index in [9.17, 15) is 13.6 Å². The maximum absolute atomic E-state index is 13.7. The van der Waals surface area contributed by atoms with Gasteiger partial charge in [0.05, 0.1) is 5.69 Å². The zero-order valence-electron chi connectivity index (χ0n) is 11.4. The lowest BCUT2D eigenvalue weighted by Gasteiger charge is -2.02. The lowest BCUT2D eigenvalue weighted by atomic mass is 10.1. The highest BCUT2D eigenvalue weighted by Gasteiger charge is 2.14. The van der Waals surface area contributed by atoms with Gasteiger partial charge in [0.1, 0.15) is 17.3 Å². The van der Waals surface area contributed by atoms with Gasteiger partial charge in [-0.1, -0.05) is 0 Å². The zero-order valence-corrected chi connectivity index (χ0v) is 12.2. The van der Waals surface area contributed by atoms with Crippen molar-refractivity contribution < 1.29 is 13.6 Å². The molecule has 0 fully saturated rings. The van der Waals surface area contributed by atoms with E-state index >= 15 is 0 Å². The maximum Gasteiger partial charge on any atom is 0.275 e. The summed E-state index contributed by atoms with van der Waals surface area (Å²) >= 11 is 1.13. The second-order valence-corrected chi connectivity index (χ2v) is 5.31. The molecular weight excluding hydrogens is 310 g/mol. The first-order chi connectivity index (χ1) is 10.5. The predicted octanol–water partition coefficient (Wildman–Crippen LogP) is 3.07. The van der Waals surface area contributed by atoms with Crippen LogP contribution in [0.4, 0.5) is 13.9 Å². The average Bonchev–Trinajstić information content (AvgIpc) is 3.10. The van der Waals surface area contributed by atoms with Gasteiger partial charge in [0.15, 0.2) is 5.13 Å². The average molecular weight is 320 g/mol. The largest absolute Gasteiger partial charge is 0.296 e. The van der Waals surface area contributed by atoms with Crippen LogP contribution in [-0.2, 0) is 7.05 Å². The first-order valence-electron chi connectivity index (χ1n) is 6.25. The molecule has 112 valence electrons. The van der Waals surface area contributed by atoms with Crippen LogP contribution >= 0.6 is 11.3 Å². The standard InChI is InChI=1S/C14H10F2N4OS/c1-20-12(4-5-17-20)13(21)19-14-18-11(7-22-14)9-6-8(15)2-3-10(9)16/h2-7H,1H3,(H,18,19,21). The zero-order chi connectivity index (χ0) is 15.7. The number of anilines is 1. The molecule has 0 radical (unpaired) electrons. The van der Waals surface area contributed by atoms with Gasteiger partial charge in [-0.2, -0.15) is 5.10 Å². The third-order valence-corrected chi connectivity index (χ3v) is 3.74. The number of thiazole rings is 1. The number of aryl methyl sites for hydroxylation is 1. The Hall–Kier alpha value is -2.61. The van der Waals surface area contributed by atoms with Crippen molar-refractivity contribution in [2.45, 2.75) is 0 Å². The minimum atomic E-state index is -0.573. The quantitative estimate of drug-likeness (QED) is 0.807. The molecule has 0 bridgehead atoms. The summed E-state index contributed by atoms with van der Waals surface area (Å²) < 4.78 is 28.3. The van der Waals surface area contributed by atoms with Crippen LogP contribution in [0.15, 0.2) is 35.8 Å². The molecule has 22 heavy (non-hydrogen) atoms. The number of hydrogen-bond donors (Lipinski definition) is 1. The Morgan fingerprint density at radius 1 is 1.32 bits per heavy atom. The fraction of sp³-hybridized carbons (Fsp3) is 0.0714. The number of nitrogens with zero attached hydrogens (tertiary/aromatic N) is 3. The number of amides is 1. The summed E-state index contributed by atoms with van der Waals surface area (Å²) in [5.74, 6) is -1.50. The van der Waals surface area contributed by atoms with E-state index in [1.165, 1.54) is 10.9 Å². The van der Waals surface area contributed by atoms with E-state index in [0.717, 1.165) is 29.5 Å². The van der Waals surface area contributed by atoms with Gasteiger partial charge >= 0.3 is 0 Å². The fourth-order valence-electron chi connectivity index (χ4n) is 1.91. The van der Waals surface area contributed by atoms with E-state index in [0.29, 0.717) is 10.8 Å². The smallest absolute Gasteiger partial charge is 0.275 e. The molecule has 2 heterocycles. The Balaban J connectivity index is 1.84. The Labute approximate surface area is 128 Å². The molecule has 0 saturated carbocycles. The minimum Gasteiger partial charge on any atom is -0.296 e. The number of benzene rings is 1. The molecule has 0 unspecified atom stereocenters. The fourth-order valence-corrected chi connectivity index (χ4v) is 2.61. The topological polar surface area (TPSA) is 59.8 Å². The summed E-state index contributed by atoms with van der Waals surface area (Å²) in [6.07, 6.45) is 1.50. The van der Waals surface area contributed by atoms with Gasteiger partial charge < -0.3 is 0 Å². The van der Waals surface area contributed by atoms with Crippen LogP contribution in [0.3, 0.4) is 0 Å². The highest BCUT2D eigenvalue weighted by molar-refractivity contribution is 7.14. The van der Waals surface area contributed by atoms with E-state index in [1.807, 2.05) is 0 Å². The number of rotatable bonds is 3. The second kappa shape index (κ2) is 5.64.